The molecule has 0 bridgehead atoms. The molecule has 2 atom stereocenters. The van der Waals surface area contributed by atoms with E-state index in [4.69, 9.17) is 23.7 Å². The third kappa shape index (κ3) is 10.1. The fourth-order valence-electron chi connectivity index (χ4n) is 4.93. The molecule has 3 aromatic carbocycles. The number of hydrogen-bond donors (Lipinski definition) is 0. The summed E-state index contributed by atoms with van der Waals surface area (Å²) in [6.07, 6.45) is 8.56. The van der Waals surface area contributed by atoms with E-state index in [2.05, 4.69) is 20.1 Å². The molecule has 3 aromatic rings. The number of esters is 3. The fraction of sp³-hybridized carbons (Fsp3) is 0.324. The van der Waals surface area contributed by atoms with Gasteiger partial charge in [0.25, 0.3) is 0 Å². The van der Waals surface area contributed by atoms with E-state index in [0.717, 1.165) is 36.5 Å². The number of carbonyl (C=O) groups is 3. The lowest BCUT2D eigenvalue weighted by Crippen LogP contribution is -2.31. The maximum atomic E-state index is 12.8. The Balaban J connectivity index is 1.30. The Morgan fingerprint density at radius 2 is 1.47 bits per heavy atom. The van der Waals surface area contributed by atoms with Gasteiger partial charge in [-0.2, -0.15) is 0 Å². The SMILES string of the molecule is C=CC(=O)OCOc1ccc(-c2ccc(OC(=O)c3ccc(OC(CCCCCCCC)C4CC(=C)C(=O)O4)cc3)cc2)cc1. The normalized spacial score (nSPS) is 14.7. The van der Waals surface area contributed by atoms with Gasteiger partial charge in [-0.1, -0.05) is 76.5 Å². The summed E-state index contributed by atoms with van der Waals surface area (Å²) < 4.78 is 27.6. The standard InChI is InChI=1S/C37H40O8/c1-4-6-7-8-9-10-11-33(34-24-26(3)36(39)45-34)43-31-22-16-29(17-23-31)37(40)44-32-20-14-28(15-21-32)27-12-18-30(19-13-27)41-25-42-35(38)5-2/h5,12-23,33-34H,2-4,6-11,24-25H2,1H3. The van der Waals surface area contributed by atoms with Gasteiger partial charge in [-0.25, -0.2) is 14.4 Å². The monoisotopic (exact) mass is 612 g/mol. The van der Waals surface area contributed by atoms with Crippen LogP contribution in [0.4, 0.5) is 0 Å². The van der Waals surface area contributed by atoms with Crippen LogP contribution in [0.25, 0.3) is 11.1 Å². The maximum absolute atomic E-state index is 12.8. The Bertz CT molecular complexity index is 1430. The molecule has 2 unspecified atom stereocenters. The molecule has 0 aliphatic carbocycles. The summed E-state index contributed by atoms with van der Waals surface area (Å²) in [6.45, 7) is 9.14. The van der Waals surface area contributed by atoms with Gasteiger partial charge in [0.05, 0.1) is 5.56 Å². The number of cyclic esters (lactones) is 1. The summed E-state index contributed by atoms with van der Waals surface area (Å²) in [5.74, 6) is 0.153. The van der Waals surface area contributed by atoms with Crippen LogP contribution in [0.2, 0.25) is 0 Å². The highest BCUT2D eigenvalue weighted by molar-refractivity contribution is 5.91. The quantitative estimate of drug-likeness (QED) is 0.0497. The first-order valence-corrected chi connectivity index (χ1v) is 15.4. The van der Waals surface area contributed by atoms with Crippen molar-refractivity contribution >= 4 is 17.9 Å². The molecular formula is C37H40O8. The fourth-order valence-corrected chi connectivity index (χ4v) is 4.93. The second kappa shape index (κ2) is 16.9. The average Bonchev–Trinajstić information content (AvgIpc) is 3.40. The van der Waals surface area contributed by atoms with Crippen molar-refractivity contribution in [2.45, 2.75) is 70.5 Å². The molecule has 8 heteroatoms. The predicted octanol–water partition coefficient (Wildman–Crippen LogP) is 8.01. The zero-order valence-electron chi connectivity index (χ0n) is 25.7. The summed E-state index contributed by atoms with van der Waals surface area (Å²) in [6, 6.07) is 21.3. The second-order valence-electron chi connectivity index (χ2n) is 10.9. The molecule has 8 nitrogen and oxygen atoms in total. The van der Waals surface area contributed by atoms with Crippen LogP contribution in [-0.4, -0.2) is 36.9 Å². The van der Waals surface area contributed by atoms with Crippen molar-refractivity contribution in [1.29, 1.82) is 0 Å². The van der Waals surface area contributed by atoms with Gasteiger partial charge < -0.3 is 23.7 Å². The summed E-state index contributed by atoms with van der Waals surface area (Å²) in [4.78, 5) is 35.9. The molecule has 0 spiro atoms. The lowest BCUT2D eigenvalue weighted by Gasteiger charge is -2.24. The molecule has 1 fully saturated rings. The highest BCUT2D eigenvalue weighted by Crippen LogP contribution is 2.29. The van der Waals surface area contributed by atoms with E-state index >= 15 is 0 Å². The van der Waals surface area contributed by atoms with Crippen molar-refractivity contribution in [1.82, 2.24) is 0 Å². The summed E-state index contributed by atoms with van der Waals surface area (Å²) in [5, 5.41) is 0. The Kier molecular flexibility index (Phi) is 12.4. The zero-order chi connectivity index (χ0) is 32.0. The van der Waals surface area contributed by atoms with Gasteiger partial charge >= 0.3 is 17.9 Å². The van der Waals surface area contributed by atoms with E-state index in [1.807, 2.05) is 24.3 Å². The van der Waals surface area contributed by atoms with Crippen LogP contribution in [0.3, 0.4) is 0 Å². The summed E-state index contributed by atoms with van der Waals surface area (Å²) in [7, 11) is 0. The van der Waals surface area contributed by atoms with Crippen LogP contribution in [-0.2, 0) is 19.1 Å². The molecule has 1 saturated heterocycles. The first-order chi connectivity index (χ1) is 21.9. The van der Waals surface area contributed by atoms with E-state index in [-0.39, 0.29) is 25.0 Å². The third-order valence-electron chi connectivity index (χ3n) is 7.47. The molecule has 0 aromatic heterocycles. The first-order valence-electron chi connectivity index (χ1n) is 15.4. The molecular weight excluding hydrogens is 572 g/mol. The first kappa shape index (κ1) is 33.1. The van der Waals surface area contributed by atoms with Gasteiger partial charge in [0.1, 0.15) is 29.5 Å². The van der Waals surface area contributed by atoms with Gasteiger partial charge in [-0.3, -0.25) is 0 Å². The minimum Gasteiger partial charge on any atom is -0.487 e. The van der Waals surface area contributed by atoms with Crippen LogP contribution in [0.1, 0.15) is 68.6 Å². The van der Waals surface area contributed by atoms with Crippen LogP contribution in [0.15, 0.2) is 97.6 Å². The maximum Gasteiger partial charge on any atom is 0.343 e. The van der Waals surface area contributed by atoms with Crippen molar-refractivity contribution in [2.24, 2.45) is 0 Å². The number of carbonyl (C=O) groups excluding carboxylic acids is 3. The lowest BCUT2D eigenvalue weighted by atomic mass is 10.0. The summed E-state index contributed by atoms with van der Waals surface area (Å²) in [5.41, 5.74) is 2.71. The Hall–Kier alpha value is -4.85. The molecule has 4 rings (SSSR count). The van der Waals surface area contributed by atoms with E-state index in [1.54, 1.807) is 48.5 Å². The van der Waals surface area contributed by atoms with Crippen LogP contribution < -0.4 is 14.2 Å². The highest BCUT2D eigenvalue weighted by Gasteiger charge is 2.35. The molecule has 0 N–H and O–H groups in total. The average molecular weight is 613 g/mol. The number of unbranched alkanes of at least 4 members (excludes halogenated alkanes) is 5. The van der Waals surface area contributed by atoms with Crippen molar-refractivity contribution in [2.75, 3.05) is 6.79 Å². The van der Waals surface area contributed by atoms with E-state index in [0.29, 0.717) is 34.8 Å². The van der Waals surface area contributed by atoms with Crippen molar-refractivity contribution in [3.8, 4) is 28.4 Å². The van der Waals surface area contributed by atoms with Crippen molar-refractivity contribution < 1.29 is 38.1 Å². The Labute approximate surface area is 264 Å². The number of benzene rings is 3. The van der Waals surface area contributed by atoms with Gasteiger partial charge in [-0.15, -0.1) is 0 Å². The molecule has 45 heavy (non-hydrogen) atoms. The number of hydrogen-bond acceptors (Lipinski definition) is 8. The highest BCUT2D eigenvalue weighted by atomic mass is 16.7. The molecule has 0 amide bonds. The molecule has 0 saturated carbocycles. The van der Waals surface area contributed by atoms with E-state index in [1.165, 1.54) is 25.7 Å². The Morgan fingerprint density at radius 1 is 0.867 bits per heavy atom. The van der Waals surface area contributed by atoms with Crippen LogP contribution in [0.5, 0.6) is 17.2 Å². The third-order valence-corrected chi connectivity index (χ3v) is 7.47. The molecule has 0 radical (unpaired) electrons. The molecule has 236 valence electrons. The summed E-state index contributed by atoms with van der Waals surface area (Å²) >= 11 is 0. The van der Waals surface area contributed by atoms with Gasteiger partial charge in [-0.05, 0) is 72.5 Å². The molecule has 1 heterocycles. The smallest absolute Gasteiger partial charge is 0.343 e. The topological polar surface area (TPSA) is 97.4 Å². The minimum absolute atomic E-state index is 0.201. The van der Waals surface area contributed by atoms with Gasteiger partial charge in [0.15, 0.2) is 0 Å². The predicted molar refractivity (Wildman–Crippen MR) is 171 cm³/mol. The van der Waals surface area contributed by atoms with Gasteiger partial charge in [0.2, 0.25) is 6.79 Å². The van der Waals surface area contributed by atoms with Crippen LogP contribution in [0, 0.1) is 0 Å². The van der Waals surface area contributed by atoms with Crippen molar-refractivity contribution in [3.05, 3.63) is 103 Å². The Morgan fingerprint density at radius 3 is 2.07 bits per heavy atom. The van der Waals surface area contributed by atoms with Crippen LogP contribution >= 0.6 is 0 Å². The molecule has 1 aliphatic heterocycles. The second-order valence-corrected chi connectivity index (χ2v) is 10.9. The lowest BCUT2D eigenvalue weighted by molar-refractivity contribution is -0.144. The number of rotatable bonds is 17. The van der Waals surface area contributed by atoms with Crippen molar-refractivity contribution in [3.63, 3.8) is 0 Å². The van der Waals surface area contributed by atoms with Gasteiger partial charge in [0, 0.05) is 18.1 Å². The minimum atomic E-state index is -0.553. The largest absolute Gasteiger partial charge is 0.487 e. The zero-order valence-corrected chi connectivity index (χ0v) is 25.7. The van der Waals surface area contributed by atoms with E-state index < -0.39 is 11.9 Å². The molecule has 1 aliphatic rings. The number of ether oxygens (including phenoxy) is 5. The van der Waals surface area contributed by atoms with E-state index in [9.17, 15) is 14.4 Å².